The number of amides is 2. The summed E-state index contributed by atoms with van der Waals surface area (Å²) in [6.07, 6.45) is 7.64. The fraction of sp³-hybridized carbons (Fsp3) is 0.381. The molecule has 2 amide bonds. The van der Waals surface area contributed by atoms with E-state index >= 15 is 0 Å². The molecule has 4 rings (SSSR count). The summed E-state index contributed by atoms with van der Waals surface area (Å²) in [5, 5.41) is 9.26. The van der Waals surface area contributed by atoms with E-state index in [0.29, 0.717) is 5.82 Å². The molecule has 0 atom stereocenters. The fourth-order valence-corrected chi connectivity index (χ4v) is 3.71. The zero-order valence-corrected chi connectivity index (χ0v) is 16.6. The Morgan fingerprint density at radius 3 is 2.61 bits per heavy atom. The molecule has 0 bridgehead atoms. The van der Waals surface area contributed by atoms with Crippen molar-refractivity contribution >= 4 is 22.6 Å². The van der Waals surface area contributed by atoms with Crippen LogP contribution >= 0.6 is 0 Å². The van der Waals surface area contributed by atoms with Gasteiger partial charge in [-0.25, -0.2) is 9.78 Å². The van der Waals surface area contributed by atoms with Crippen LogP contribution in [-0.4, -0.2) is 63.8 Å². The van der Waals surface area contributed by atoms with E-state index < -0.39 is 0 Å². The molecular weight excluding hydrogens is 352 g/mol. The Hall–Kier alpha value is -2.93. The van der Waals surface area contributed by atoms with E-state index in [4.69, 9.17) is 0 Å². The van der Waals surface area contributed by atoms with Gasteiger partial charge in [0.05, 0.1) is 6.20 Å². The van der Waals surface area contributed by atoms with Crippen LogP contribution in [0.3, 0.4) is 0 Å². The summed E-state index contributed by atoms with van der Waals surface area (Å²) in [7, 11) is 5.89. The van der Waals surface area contributed by atoms with Crippen molar-refractivity contribution in [2.45, 2.75) is 18.9 Å². The lowest BCUT2D eigenvalue weighted by Gasteiger charge is -2.34. The van der Waals surface area contributed by atoms with Crippen LogP contribution in [0.4, 0.5) is 10.6 Å². The van der Waals surface area contributed by atoms with E-state index in [-0.39, 0.29) is 12.1 Å². The van der Waals surface area contributed by atoms with Crippen molar-refractivity contribution in [2.75, 3.05) is 32.5 Å². The topological polar surface area (TPSA) is 66.3 Å². The molecule has 7 heteroatoms. The summed E-state index contributed by atoms with van der Waals surface area (Å²) in [6.45, 7) is 2.04. The Labute approximate surface area is 165 Å². The molecule has 146 valence electrons. The van der Waals surface area contributed by atoms with E-state index in [9.17, 15) is 4.79 Å². The Balaban J connectivity index is 1.51. The minimum absolute atomic E-state index is 0.107. The molecule has 1 aliphatic heterocycles. The maximum atomic E-state index is 12.7. The second-order valence-corrected chi connectivity index (χ2v) is 7.61. The second-order valence-electron chi connectivity index (χ2n) is 7.61. The van der Waals surface area contributed by atoms with E-state index in [1.807, 2.05) is 43.5 Å². The van der Waals surface area contributed by atoms with Crippen LogP contribution in [0.5, 0.6) is 0 Å². The third kappa shape index (κ3) is 3.84. The Kier molecular flexibility index (Phi) is 5.00. The number of hydrogen-bond acceptors (Lipinski definition) is 4. The highest BCUT2D eigenvalue weighted by molar-refractivity contribution is 5.93. The summed E-state index contributed by atoms with van der Waals surface area (Å²) in [6, 6.07) is 8.30. The number of benzene rings is 1. The summed E-state index contributed by atoms with van der Waals surface area (Å²) in [4.78, 5) is 21.2. The van der Waals surface area contributed by atoms with E-state index in [1.54, 1.807) is 10.9 Å². The summed E-state index contributed by atoms with van der Waals surface area (Å²) >= 11 is 0. The lowest BCUT2D eigenvalue weighted by Crippen LogP contribution is -2.46. The molecule has 7 nitrogen and oxygen atoms in total. The van der Waals surface area contributed by atoms with Gasteiger partial charge >= 0.3 is 6.03 Å². The van der Waals surface area contributed by atoms with Crippen LogP contribution in [0, 0.1) is 0 Å². The van der Waals surface area contributed by atoms with Gasteiger partial charge in [0.2, 0.25) is 0 Å². The zero-order chi connectivity index (χ0) is 19.7. The highest BCUT2D eigenvalue weighted by Crippen LogP contribution is 2.25. The van der Waals surface area contributed by atoms with Crippen molar-refractivity contribution in [2.24, 2.45) is 7.05 Å². The molecule has 28 heavy (non-hydrogen) atoms. The van der Waals surface area contributed by atoms with Crippen LogP contribution in [0.1, 0.15) is 12.8 Å². The van der Waals surface area contributed by atoms with Crippen LogP contribution in [0.25, 0.3) is 21.9 Å². The molecule has 3 heterocycles. The van der Waals surface area contributed by atoms with E-state index in [1.165, 1.54) is 0 Å². The Morgan fingerprint density at radius 2 is 1.89 bits per heavy atom. The average Bonchev–Trinajstić information content (AvgIpc) is 3.14. The molecule has 1 aromatic carbocycles. The molecule has 1 fully saturated rings. The standard InChI is InChI=1S/C21H26N6O/c1-25-8-6-19(7-9-25)27(3)21(28)24-20-11-17-10-15(4-5-16(17)12-22-20)18-13-23-26(2)14-18/h4-5,10-14,19H,6-9H2,1-3H3,(H,22,24,28). The van der Waals surface area contributed by atoms with Crippen LogP contribution in [0.15, 0.2) is 42.9 Å². The largest absolute Gasteiger partial charge is 0.324 e. The molecule has 0 radical (unpaired) electrons. The number of likely N-dealkylation sites (tertiary alicyclic amines) is 1. The molecular formula is C21H26N6O. The third-order valence-corrected chi connectivity index (χ3v) is 5.55. The van der Waals surface area contributed by atoms with Crippen molar-refractivity contribution < 1.29 is 4.79 Å². The quantitative estimate of drug-likeness (QED) is 0.760. The molecule has 3 aromatic rings. The molecule has 0 saturated carbocycles. The Bertz CT molecular complexity index is 989. The first-order valence-corrected chi connectivity index (χ1v) is 9.61. The molecule has 2 aromatic heterocycles. The number of piperidine rings is 1. The molecule has 0 spiro atoms. The SMILES string of the molecule is CN1CCC(N(C)C(=O)Nc2cc3cc(-c4cnn(C)c4)ccc3cn2)CC1. The number of anilines is 1. The predicted octanol–water partition coefficient (Wildman–Crippen LogP) is 3.19. The smallest absolute Gasteiger partial charge is 0.323 e. The van der Waals surface area contributed by atoms with Gasteiger partial charge in [-0.05, 0) is 56.1 Å². The summed E-state index contributed by atoms with van der Waals surface area (Å²) in [5.41, 5.74) is 2.15. The molecule has 0 unspecified atom stereocenters. The number of fused-ring (bicyclic) bond motifs is 1. The first kappa shape index (κ1) is 18.4. The number of rotatable bonds is 3. The Morgan fingerprint density at radius 1 is 1.11 bits per heavy atom. The number of nitrogens with one attached hydrogen (secondary N) is 1. The van der Waals surface area contributed by atoms with Gasteiger partial charge in [-0.15, -0.1) is 0 Å². The van der Waals surface area contributed by atoms with Crippen molar-refractivity contribution in [1.82, 2.24) is 24.6 Å². The van der Waals surface area contributed by atoms with Gasteiger partial charge in [0.15, 0.2) is 0 Å². The average molecular weight is 378 g/mol. The van der Waals surface area contributed by atoms with Crippen molar-refractivity contribution in [3.05, 3.63) is 42.9 Å². The van der Waals surface area contributed by atoms with E-state index in [0.717, 1.165) is 47.8 Å². The first-order valence-electron chi connectivity index (χ1n) is 9.61. The predicted molar refractivity (Wildman–Crippen MR) is 111 cm³/mol. The van der Waals surface area contributed by atoms with Crippen LogP contribution in [0.2, 0.25) is 0 Å². The van der Waals surface area contributed by atoms with Crippen molar-refractivity contribution in [3.8, 4) is 11.1 Å². The number of aromatic nitrogens is 3. The number of carbonyl (C=O) groups excluding carboxylic acids is 1. The molecule has 1 saturated heterocycles. The van der Waals surface area contributed by atoms with Gasteiger partial charge < -0.3 is 9.80 Å². The number of hydrogen-bond donors (Lipinski definition) is 1. The fourth-order valence-electron chi connectivity index (χ4n) is 3.71. The highest BCUT2D eigenvalue weighted by Gasteiger charge is 2.24. The van der Waals surface area contributed by atoms with Crippen molar-refractivity contribution in [1.29, 1.82) is 0 Å². The number of urea groups is 1. The third-order valence-electron chi connectivity index (χ3n) is 5.55. The van der Waals surface area contributed by atoms with Crippen LogP contribution in [-0.2, 0) is 7.05 Å². The lowest BCUT2D eigenvalue weighted by atomic mass is 10.0. The van der Waals surface area contributed by atoms with Gasteiger partial charge in [0.25, 0.3) is 0 Å². The maximum Gasteiger partial charge on any atom is 0.323 e. The lowest BCUT2D eigenvalue weighted by molar-refractivity contribution is 0.156. The number of carbonyl (C=O) groups is 1. The molecule has 1 N–H and O–H groups in total. The molecule has 0 aliphatic carbocycles. The highest BCUT2D eigenvalue weighted by atomic mass is 16.2. The minimum Gasteiger partial charge on any atom is -0.324 e. The first-order chi connectivity index (χ1) is 13.5. The van der Waals surface area contributed by atoms with Crippen LogP contribution < -0.4 is 5.32 Å². The number of pyridine rings is 1. The van der Waals surface area contributed by atoms with Gasteiger partial charge in [-0.2, -0.15) is 5.10 Å². The van der Waals surface area contributed by atoms with Gasteiger partial charge in [-0.3, -0.25) is 10.00 Å². The molecule has 1 aliphatic rings. The number of nitrogens with zero attached hydrogens (tertiary/aromatic N) is 5. The van der Waals surface area contributed by atoms with Gasteiger partial charge in [0, 0.05) is 43.5 Å². The van der Waals surface area contributed by atoms with Crippen molar-refractivity contribution in [3.63, 3.8) is 0 Å². The zero-order valence-electron chi connectivity index (χ0n) is 16.6. The number of aryl methyl sites for hydroxylation is 1. The van der Waals surface area contributed by atoms with Gasteiger partial charge in [-0.1, -0.05) is 12.1 Å². The van der Waals surface area contributed by atoms with Gasteiger partial charge in [0.1, 0.15) is 5.82 Å². The second kappa shape index (κ2) is 7.59. The summed E-state index contributed by atoms with van der Waals surface area (Å²) in [5.74, 6) is 0.570. The normalized spacial score (nSPS) is 15.7. The minimum atomic E-state index is -0.107. The maximum absolute atomic E-state index is 12.7. The summed E-state index contributed by atoms with van der Waals surface area (Å²) < 4.78 is 1.79. The van der Waals surface area contributed by atoms with E-state index in [2.05, 4.69) is 39.5 Å². The monoisotopic (exact) mass is 378 g/mol.